The summed E-state index contributed by atoms with van der Waals surface area (Å²) in [6, 6.07) is 17.9. The molecule has 0 bridgehead atoms. The van der Waals surface area contributed by atoms with E-state index in [1.807, 2.05) is 56.3 Å². The van der Waals surface area contributed by atoms with Gasteiger partial charge in [-0.05, 0) is 68.0 Å². The Morgan fingerprint density at radius 2 is 1.79 bits per heavy atom. The highest BCUT2D eigenvalue weighted by molar-refractivity contribution is 6.01. The van der Waals surface area contributed by atoms with Gasteiger partial charge in [-0.1, -0.05) is 36.4 Å². The van der Waals surface area contributed by atoms with Gasteiger partial charge in [-0.2, -0.15) is 5.26 Å². The number of rotatable bonds is 5. The molecule has 1 amide bonds. The maximum Gasteiger partial charge on any atom is 0.262 e. The van der Waals surface area contributed by atoms with Gasteiger partial charge in [-0.25, -0.2) is 0 Å². The number of aryl methyl sites for hydroxylation is 1. The lowest BCUT2D eigenvalue weighted by Gasteiger charge is -2.28. The largest absolute Gasteiger partial charge is 0.372 e. The Morgan fingerprint density at radius 3 is 2.43 bits per heavy atom. The Hall–Kier alpha value is -3.06. The smallest absolute Gasteiger partial charge is 0.262 e. The summed E-state index contributed by atoms with van der Waals surface area (Å²) in [5, 5.41) is 12.4. The maximum absolute atomic E-state index is 12.6. The second-order valence-corrected chi connectivity index (χ2v) is 7.36. The molecule has 4 heteroatoms. The molecule has 1 fully saturated rings. The number of piperidine rings is 1. The topological polar surface area (TPSA) is 56.1 Å². The minimum atomic E-state index is -0.349. The monoisotopic (exact) mass is 373 g/mol. The summed E-state index contributed by atoms with van der Waals surface area (Å²) in [6.45, 7) is 6.14. The Bertz CT molecular complexity index is 887. The van der Waals surface area contributed by atoms with Crippen LogP contribution >= 0.6 is 0 Å². The van der Waals surface area contributed by atoms with Crippen LogP contribution in [0.5, 0.6) is 0 Å². The first-order chi connectivity index (χ1) is 13.6. The Kier molecular flexibility index (Phi) is 6.49. The first kappa shape index (κ1) is 19.7. The molecule has 1 saturated heterocycles. The number of carbonyl (C=O) groups is 1. The van der Waals surface area contributed by atoms with Crippen LogP contribution in [-0.4, -0.2) is 19.0 Å². The molecule has 28 heavy (non-hydrogen) atoms. The van der Waals surface area contributed by atoms with Gasteiger partial charge in [0.1, 0.15) is 11.6 Å². The van der Waals surface area contributed by atoms with E-state index < -0.39 is 0 Å². The number of hydrogen-bond donors (Lipinski definition) is 1. The normalized spacial score (nSPS) is 15.6. The van der Waals surface area contributed by atoms with Crippen LogP contribution < -0.4 is 10.2 Å². The average molecular weight is 374 g/mol. The van der Waals surface area contributed by atoms with Gasteiger partial charge in [0, 0.05) is 18.8 Å². The van der Waals surface area contributed by atoms with Crippen LogP contribution in [0.25, 0.3) is 6.08 Å². The van der Waals surface area contributed by atoms with Gasteiger partial charge >= 0.3 is 0 Å². The van der Waals surface area contributed by atoms with Crippen LogP contribution in [0, 0.1) is 18.3 Å². The molecular weight excluding hydrogens is 346 g/mol. The molecule has 1 aliphatic rings. The van der Waals surface area contributed by atoms with Crippen LogP contribution in [0.1, 0.15) is 48.9 Å². The minimum Gasteiger partial charge on any atom is -0.372 e. The molecule has 0 unspecified atom stereocenters. The zero-order valence-electron chi connectivity index (χ0n) is 16.6. The Morgan fingerprint density at radius 1 is 1.11 bits per heavy atom. The van der Waals surface area contributed by atoms with E-state index in [0.29, 0.717) is 0 Å². The summed E-state index contributed by atoms with van der Waals surface area (Å²) in [6.07, 6.45) is 5.43. The molecule has 2 aromatic rings. The number of hydrogen-bond acceptors (Lipinski definition) is 3. The minimum absolute atomic E-state index is 0.117. The van der Waals surface area contributed by atoms with Crippen molar-refractivity contribution in [1.82, 2.24) is 5.32 Å². The van der Waals surface area contributed by atoms with Crippen molar-refractivity contribution in [1.29, 1.82) is 5.26 Å². The van der Waals surface area contributed by atoms with Crippen molar-refractivity contribution >= 4 is 17.7 Å². The molecular formula is C24H27N3O. The highest BCUT2D eigenvalue weighted by Crippen LogP contribution is 2.21. The lowest BCUT2D eigenvalue weighted by atomic mass is 10.0. The number of nitrogens with zero attached hydrogens (tertiary/aromatic N) is 2. The Labute approximate surface area is 167 Å². The summed E-state index contributed by atoms with van der Waals surface area (Å²) in [7, 11) is 0. The van der Waals surface area contributed by atoms with Gasteiger partial charge in [0.25, 0.3) is 5.91 Å². The van der Waals surface area contributed by atoms with Crippen molar-refractivity contribution in [2.75, 3.05) is 18.0 Å². The van der Waals surface area contributed by atoms with E-state index in [2.05, 4.69) is 22.3 Å². The fourth-order valence-electron chi connectivity index (χ4n) is 3.67. The first-order valence-electron chi connectivity index (χ1n) is 9.91. The second kappa shape index (κ2) is 9.23. The quantitative estimate of drug-likeness (QED) is 0.607. The van der Waals surface area contributed by atoms with Gasteiger partial charge in [-0.3, -0.25) is 4.79 Å². The van der Waals surface area contributed by atoms with Crippen molar-refractivity contribution in [3.63, 3.8) is 0 Å². The van der Waals surface area contributed by atoms with Crippen LogP contribution in [0.4, 0.5) is 5.69 Å². The number of benzene rings is 2. The van der Waals surface area contributed by atoms with Crippen LogP contribution in [0.3, 0.4) is 0 Å². The van der Waals surface area contributed by atoms with Crippen LogP contribution in [0.15, 0.2) is 54.1 Å². The van der Waals surface area contributed by atoms with Crippen molar-refractivity contribution in [3.05, 3.63) is 70.8 Å². The average Bonchev–Trinajstić information content (AvgIpc) is 2.73. The summed E-state index contributed by atoms with van der Waals surface area (Å²) >= 11 is 0. The first-order valence-corrected chi connectivity index (χ1v) is 9.91. The van der Waals surface area contributed by atoms with Gasteiger partial charge in [0.15, 0.2) is 0 Å². The third-order valence-corrected chi connectivity index (χ3v) is 5.29. The molecule has 1 atom stereocenters. The standard InChI is InChI=1S/C24H27N3O/c1-18-8-4-5-9-23(18)19(2)26-24(28)21(17-25)16-20-10-12-22(13-11-20)27-14-6-3-7-15-27/h4-5,8-13,16,19H,3,6-7,14-15H2,1-2H3,(H,26,28)/b21-16+/t19-/m0/s1. The predicted octanol–water partition coefficient (Wildman–Crippen LogP) is 4.77. The SMILES string of the molecule is Cc1ccccc1[C@H](C)NC(=O)/C(C#N)=C/c1ccc(N2CCCCC2)cc1. The fraction of sp³-hybridized carbons (Fsp3) is 0.333. The maximum atomic E-state index is 12.6. The van der Waals surface area contributed by atoms with Crippen molar-refractivity contribution < 1.29 is 4.79 Å². The highest BCUT2D eigenvalue weighted by atomic mass is 16.1. The van der Waals surface area contributed by atoms with E-state index in [0.717, 1.165) is 29.8 Å². The predicted molar refractivity (Wildman–Crippen MR) is 114 cm³/mol. The zero-order chi connectivity index (χ0) is 19.9. The number of carbonyl (C=O) groups excluding carboxylic acids is 1. The molecule has 4 nitrogen and oxygen atoms in total. The molecule has 1 N–H and O–H groups in total. The number of nitrogens with one attached hydrogen (secondary N) is 1. The lowest BCUT2D eigenvalue weighted by molar-refractivity contribution is -0.117. The van der Waals surface area contributed by atoms with Gasteiger partial charge in [0.05, 0.1) is 6.04 Å². The van der Waals surface area contributed by atoms with E-state index in [1.54, 1.807) is 6.08 Å². The molecule has 3 rings (SSSR count). The third-order valence-electron chi connectivity index (χ3n) is 5.29. The molecule has 2 aromatic carbocycles. The molecule has 0 aromatic heterocycles. The molecule has 144 valence electrons. The van der Waals surface area contributed by atoms with E-state index in [-0.39, 0.29) is 17.5 Å². The summed E-state index contributed by atoms with van der Waals surface area (Å²) < 4.78 is 0. The van der Waals surface area contributed by atoms with Crippen LogP contribution in [0.2, 0.25) is 0 Å². The van der Waals surface area contributed by atoms with Crippen molar-refractivity contribution in [2.45, 2.75) is 39.2 Å². The number of amides is 1. The van der Waals surface area contributed by atoms with Gasteiger partial charge < -0.3 is 10.2 Å². The van der Waals surface area contributed by atoms with E-state index in [1.165, 1.54) is 24.9 Å². The van der Waals surface area contributed by atoms with Gasteiger partial charge in [-0.15, -0.1) is 0 Å². The summed E-state index contributed by atoms with van der Waals surface area (Å²) in [5.41, 5.74) is 4.35. The summed E-state index contributed by atoms with van der Waals surface area (Å²) in [5.74, 6) is -0.349. The lowest BCUT2D eigenvalue weighted by Crippen LogP contribution is -2.29. The fourth-order valence-corrected chi connectivity index (χ4v) is 3.67. The van der Waals surface area contributed by atoms with Crippen molar-refractivity contribution in [2.24, 2.45) is 0 Å². The summed E-state index contributed by atoms with van der Waals surface area (Å²) in [4.78, 5) is 15.0. The van der Waals surface area contributed by atoms with E-state index in [4.69, 9.17) is 0 Å². The second-order valence-electron chi connectivity index (χ2n) is 7.36. The molecule has 1 heterocycles. The molecule has 0 aliphatic carbocycles. The van der Waals surface area contributed by atoms with Crippen molar-refractivity contribution in [3.8, 4) is 6.07 Å². The Balaban J connectivity index is 1.69. The van der Waals surface area contributed by atoms with E-state index >= 15 is 0 Å². The number of nitriles is 1. The highest BCUT2D eigenvalue weighted by Gasteiger charge is 2.15. The molecule has 0 saturated carbocycles. The van der Waals surface area contributed by atoms with Gasteiger partial charge in [0.2, 0.25) is 0 Å². The number of anilines is 1. The molecule has 0 radical (unpaired) electrons. The molecule has 1 aliphatic heterocycles. The van der Waals surface area contributed by atoms with Crippen LogP contribution in [-0.2, 0) is 4.79 Å². The van der Waals surface area contributed by atoms with E-state index in [9.17, 15) is 10.1 Å². The third kappa shape index (κ3) is 4.80. The zero-order valence-corrected chi connectivity index (χ0v) is 16.6. The molecule has 0 spiro atoms.